The Labute approximate surface area is 330 Å². The van der Waals surface area contributed by atoms with Crippen molar-refractivity contribution in [1.29, 1.82) is 0 Å². The Hall–Kier alpha value is -6.58. The molecule has 0 saturated carbocycles. The van der Waals surface area contributed by atoms with Gasteiger partial charge in [0.25, 0.3) is 0 Å². The van der Waals surface area contributed by atoms with Gasteiger partial charge in [0.2, 0.25) is 0 Å². The first-order chi connectivity index (χ1) is 27.7. The summed E-state index contributed by atoms with van der Waals surface area (Å²) >= 11 is 3.65. The van der Waals surface area contributed by atoms with Gasteiger partial charge in [-0.3, -0.25) is 0 Å². The maximum atomic E-state index is 2.52. The Morgan fingerprint density at radius 3 is 1.02 bits per heavy atom. The topological polar surface area (TPSA) is 0 Å². The van der Waals surface area contributed by atoms with E-state index in [9.17, 15) is 0 Å². The van der Waals surface area contributed by atoms with E-state index in [4.69, 9.17) is 0 Å². The standard InChI is InChI=1S/C54H28S2/c1-5-31-7-3-11-37-43-27-49-45(25-41(43)35(9-1)53(31)37)39(33-15-13-29-17-19-55-51(29)21-33)23-48-47(49)24-40(34-16-14-30-18-20-56-52(30)22-34)46-26-42-36-10-2-6-32-8-4-12-38(54(32)36)44(42)28-50(46)48/h1-28H. The highest BCUT2D eigenvalue weighted by atomic mass is 32.1. The van der Waals surface area contributed by atoms with Gasteiger partial charge in [0.15, 0.2) is 0 Å². The van der Waals surface area contributed by atoms with Crippen LogP contribution in [0.4, 0.5) is 0 Å². The first kappa shape index (κ1) is 29.7. The van der Waals surface area contributed by atoms with Crippen LogP contribution in [0.15, 0.2) is 168 Å². The molecule has 0 atom stereocenters. The molecule has 2 aromatic heterocycles. The van der Waals surface area contributed by atoms with Gasteiger partial charge >= 0.3 is 0 Å². The molecule has 2 aliphatic rings. The smallest absolute Gasteiger partial charge is 0.0348 e. The van der Waals surface area contributed by atoms with Gasteiger partial charge < -0.3 is 0 Å². The molecule has 2 aliphatic carbocycles. The van der Waals surface area contributed by atoms with Gasteiger partial charge in [0.1, 0.15) is 0 Å². The Kier molecular flexibility index (Phi) is 5.62. The largest absolute Gasteiger partial charge is 0.144 e. The van der Waals surface area contributed by atoms with Crippen molar-refractivity contribution in [3.05, 3.63) is 168 Å². The second-order valence-corrected chi connectivity index (χ2v) is 17.5. The number of hydrogen-bond acceptors (Lipinski definition) is 2. The summed E-state index contributed by atoms with van der Waals surface area (Å²) in [5.74, 6) is 0. The van der Waals surface area contributed by atoms with E-state index in [1.807, 2.05) is 22.7 Å². The van der Waals surface area contributed by atoms with E-state index in [2.05, 4.69) is 168 Å². The molecular formula is C54H28S2. The van der Waals surface area contributed by atoms with E-state index in [0.29, 0.717) is 0 Å². The summed E-state index contributed by atoms with van der Waals surface area (Å²) in [4.78, 5) is 0. The summed E-state index contributed by atoms with van der Waals surface area (Å²) in [5.41, 5.74) is 15.8. The van der Waals surface area contributed by atoms with E-state index in [-0.39, 0.29) is 0 Å². The zero-order valence-electron chi connectivity index (χ0n) is 30.0. The molecule has 0 spiro atoms. The molecule has 14 rings (SSSR count). The molecule has 0 unspecified atom stereocenters. The van der Waals surface area contributed by atoms with Crippen LogP contribution in [0.1, 0.15) is 0 Å². The van der Waals surface area contributed by atoms with E-state index >= 15 is 0 Å². The van der Waals surface area contributed by atoms with E-state index in [1.54, 1.807) is 0 Å². The highest BCUT2D eigenvalue weighted by Crippen LogP contribution is 2.54. The fraction of sp³-hybridized carbons (Fsp3) is 0. The maximum absolute atomic E-state index is 2.52. The minimum absolute atomic E-state index is 1.26. The number of fused-ring (bicyclic) bond motifs is 13. The molecule has 2 heteroatoms. The second kappa shape index (κ2) is 10.6. The Morgan fingerprint density at radius 1 is 0.250 bits per heavy atom. The minimum atomic E-state index is 1.26. The molecule has 0 bridgehead atoms. The molecule has 0 amide bonds. The lowest BCUT2D eigenvalue weighted by atomic mass is 9.84. The van der Waals surface area contributed by atoms with Crippen molar-refractivity contribution < 1.29 is 0 Å². The summed E-state index contributed by atoms with van der Waals surface area (Å²) in [6.07, 6.45) is 0. The highest BCUT2D eigenvalue weighted by Gasteiger charge is 2.26. The molecule has 0 radical (unpaired) electrons. The van der Waals surface area contributed by atoms with Crippen molar-refractivity contribution in [2.75, 3.05) is 0 Å². The van der Waals surface area contributed by atoms with Crippen molar-refractivity contribution in [2.24, 2.45) is 0 Å². The summed E-state index contributed by atoms with van der Waals surface area (Å²) in [6.45, 7) is 0. The van der Waals surface area contributed by atoms with Gasteiger partial charge in [-0.05, 0) is 203 Å². The van der Waals surface area contributed by atoms with Crippen LogP contribution < -0.4 is 0 Å². The second-order valence-electron chi connectivity index (χ2n) is 15.6. The van der Waals surface area contributed by atoms with Gasteiger partial charge in [-0.25, -0.2) is 0 Å². The van der Waals surface area contributed by atoms with Crippen LogP contribution in [0.5, 0.6) is 0 Å². The zero-order chi connectivity index (χ0) is 36.2. The summed E-state index contributed by atoms with van der Waals surface area (Å²) in [6, 6.07) is 60.8. The van der Waals surface area contributed by atoms with Crippen LogP contribution in [0.2, 0.25) is 0 Å². The fourth-order valence-electron chi connectivity index (χ4n) is 10.3. The SMILES string of the molecule is c1cc2c3c(cccc3c1)-c1cc3c(cc1-2)c(-c1ccc2ccsc2c1)cc1c2cc4c(cc2c(-c2ccc5ccsc5c2)cc31)-c1cccc2cccc-4c12. The van der Waals surface area contributed by atoms with E-state index in [0.717, 1.165) is 0 Å². The fourth-order valence-corrected chi connectivity index (χ4v) is 12.0. The van der Waals surface area contributed by atoms with Gasteiger partial charge in [-0.1, -0.05) is 97.1 Å². The summed E-state index contributed by atoms with van der Waals surface area (Å²) in [5, 5.41) is 20.2. The van der Waals surface area contributed by atoms with Crippen LogP contribution in [0, 0.1) is 0 Å². The molecule has 0 nitrogen and oxygen atoms in total. The Bertz CT molecular complexity index is 3500. The normalized spacial score (nSPS) is 12.6. The summed E-state index contributed by atoms with van der Waals surface area (Å²) in [7, 11) is 0. The average Bonchev–Trinajstić information content (AvgIpc) is 4.05. The average molecular weight is 741 g/mol. The molecule has 12 aromatic rings. The lowest BCUT2D eigenvalue weighted by Crippen LogP contribution is -1.91. The predicted octanol–water partition coefficient (Wildman–Crippen LogP) is 16.5. The third-order valence-electron chi connectivity index (χ3n) is 12.8. The lowest BCUT2D eigenvalue weighted by Gasteiger charge is -2.19. The van der Waals surface area contributed by atoms with E-state index < -0.39 is 0 Å². The third-order valence-corrected chi connectivity index (χ3v) is 14.6. The highest BCUT2D eigenvalue weighted by molar-refractivity contribution is 7.17. The number of hydrogen-bond donors (Lipinski definition) is 0. The number of thiophene rings is 2. The van der Waals surface area contributed by atoms with Crippen LogP contribution in [0.25, 0.3) is 141 Å². The molecule has 0 N–H and O–H groups in total. The first-order valence-electron chi connectivity index (χ1n) is 19.3. The first-order valence-corrected chi connectivity index (χ1v) is 21.0. The van der Waals surface area contributed by atoms with Crippen LogP contribution >= 0.6 is 22.7 Å². The van der Waals surface area contributed by atoms with Crippen molar-refractivity contribution in [3.63, 3.8) is 0 Å². The van der Waals surface area contributed by atoms with Crippen LogP contribution in [0.3, 0.4) is 0 Å². The molecule has 0 saturated heterocycles. The van der Waals surface area contributed by atoms with Crippen molar-refractivity contribution in [2.45, 2.75) is 0 Å². The zero-order valence-corrected chi connectivity index (χ0v) is 31.6. The van der Waals surface area contributed by atoms with Gasteiger partial charge in [-0.2, -0.15) is 0 Å². The molecule has 256 valence electrons. The monoisotopic (exact) mass is 740 g/mol. The molecule has 0 aliphatic heterocycles. The van der Waals surface area contributed by atoms with Gasteiger partial charge in [-0.15, -0.1) is 22.7 Å². The summed E-state index contributed by atoms with van der Waals surface area (Å²) < 4.78 is 2.64. The van der Waals surface area contributed by atoms with Crippen LogP contribution in [-0.2, 0) is 0 Å². The Morgan fingerprint density at radius 2 is 0.607 bits per heavy atom. The molecular weight excluding hydrogens is 713 g/mol. The number of benzene rings is 10. The molecule has 0 fully saturated rings. The number of rotatable bonds is 2. The van der Waals surface area contributed by atoms with Gasteiger partial charge in [0, 0.05) is 9.40 Å². The third kappa shape index (κ3) is 3.83. The predicted molar refractivity (Wildman–Crippen MR) is 244 cm³/mol. The quantitative estimate of drug-likeness (QED) is 0.155. The van der Waals surface area contributed by atoms with Crippen molar-refractivity contribution in [3.8, 4) is 66.8 Å². The van der Waals surface area contributed by atoms with E-state index in [1.165, 1.54) is 141 Å². The van der Waals surface area contributed by atoms with Crippen LogP contribution in [-0.4, -0.2) is 0 Å². The van der Waals surface area contributed by atoms with Crippen molar-refractivity contribution in [1.82, 2.24) is 0 Å². The molecule has 10 aromatic carbocycles. The molecule has 56 heavy (non-hydrogen) atoms. The Balaban J connectivity index is 1.17. The van der Waals surface area contributed by atoms with Gasteiger partial charge in [0.05, 0.1) is 0 Å². The maximum Gasteiger partial charge on any atom is 0.0348 e. The lowest BCUT2D eigenvalue weighted by molar-refractivity contribution is 1.70. The molecule has 2 heterocycles. The van der Waals surface area contributed by atoms with Crippen molar-refractivity contribution >= 4 is 96.7 Å². The minimum Gasteiger partial charge on any atom is -0.144 e.